The number of aliphatic hydroxyl groups is 1. The highest BCUT2D eigenvalue weighted by atomic mass is 19.1. The standard InChI is InChI=1S/C26H27FN6O3/c1-15-10-16(4-8-19(15)25(34)31-17-5-6-17)21-13-29-24-20(30-14-26(2,3)35)11-23(32-33(21)24)36-18-7-9-22(27)28-12-18/h4,7-13,17,30,35H,5-6,14H2,1-3H3,(H,31,34). The lowest BCUT2D eigenvalue weighted by Gasteiger charge is -2.19. The van der Waals surface area contributed by atoms with Gasteiger partial charge in [0.15, 0.2) is 5.65 Å². The molecule has 1 aliphatic carbocycles. The molecular formula is C26H27FN6O3. The van der Waals surface area contributed by atoms with Crippen LogP contribution < -0.4 is 15.4 Å². The van der Waals surface area contributed by atoms with Gasteiger partial charge in [0.25, 0.3) is 5.91 Å². The van der Waals surface area contributed by atoms with E-state index in [9.17, 15) is 14.3 Å². The predicted molar refractivity (Wildman–Crippen MR) is 133 cm³/mol. The van der Waals surface area contributed by atoms with Crippen LogP contribution >= 0.6 is 0 Å². The van der Waals surface area contributed by atoms with Gasteiger partial charge >= 0.3 is 0 Å². The molecular weight excluding hydrogens is 463 g/mol. The number of amides is 1. The number of rotatable bonds is 8. The number of carbonyl (C=O) groups is 1. The van der Waals surface area contributed by atoms with Gasteiger partial charge in [-0.2, -0.15) is 4.39 Å². The number of halogens is 1. The van der Waals surface area contributed by atoms with Crippen LogP contribution in [0.4, 0.5) is 10.1 Å². The van der Waals surface area contributed by atoms with E-state index in [1.807, 2.05) is 19.1 Å². The van der Waals surface area contributed by atoms with E-state index >= 15 is 0 Å². The van der Waals surface area contributed by atoms with Crippen molar-refractivity contribution in [2.75, 3.05) is 11.9 Å². The van der Waals surface area contributed by atoms with Crippen molar-refractivity contribution >= 4 is 17.2 Å². The Balaban J connectivity index is 1.53. The molecule has 10 heteroatoms. The third-order valence-electron chi connectivity index (χ3n) is 5.76. The van der Waals surface area contributed by atoms with Crippen LogP contribution in [-0.4, -0.2) is 48.8 Å². The van der Waals surface area contributed by atoms with E-state index in [0.29, 0.717) is 28.3 Å². The quantitative estimate of drug-likeness (QED) is 0.319. The second kappa shape index (κ2) is 9.19. The summed E-state index contributed by atoms with van der Waals surface area (Å²) in [6.07, 6.45) is 5.02. The van der Waals surface area contributed by atoms with E-state index in [0.717, 1.165) is 24.0 Å². The molecule has 1 amide bonds. The monoisotopic (exact) mass is 490 g/mol. The number of pyridine rings is 1. The van der Waals surface area contributed by atoms with E-state index in [4.69, 9.17) is 4.74 Å². The molecule has 1 aromatic carbocycles. The van der Waals surface area contributed by atoms with Crippen LogP contribution in [0, 0.1) is 12.9 Å². The molecule has 1 aliphatic rings. The molecule has 9 nitrogen and oxygen atoms in total. The minimum atomic E-state index is -0.967. The van der Waals surface area contributed by atoms with Crippen LogP contribution in [0.5, 0.6) is 11.6 Å². The van der Waals surface area contributed by atoms with Gasteiger partial charge in [-0.15, -0.1) is 5.10 Å². The number of aryl methyl sites for hydroxylation is 1. The topological polar surface area (TPSA) is 114 Å². The lowest BCUT2D eigenvalue weighted by molar-refractivity contribution is 0.0940. The normalized spacial score (nSPS) is 13.6. The number of nitrogens with one attached hydrogen (secondary N) is 2. The Bertz CT molecular complexity index is 1420. The van der Waals surface area contributed by atoms with E-state index in [-0.39, 0.29) is 24.4 Å². The number of hydrogen-bond acceptors (Lipinski definition) is 7. The number of aromatic nitrogens is 4. The summed E-state index contributed by atoms with van der Waals surface area (Å²) in [7, 11) is 0. The summed E-state index contributed by atoms with van der Waals surface area (Å²) >= 11 is 0. The van der Waals surface area contributed by atoms with E-state index in [1.54, 1.807) is 36.7 Å². The lowest BCUT2D eigenvalue weighted by atomic mass is 10.0. The van der Waals surface area contributed by atoms with E-state index < -0.39 is 11.5 Å². The molecule has 3 N–H and O–H groups in total. The molecule has 186 valence electrons. The number of nitrogens with zero attached hydrogens (tertiary/aromatic N) is 4. The zero-order valence-corrected chi connectivity index (χ0v) is 20.2. The summed E-state index contributed by atoms with van der Waals surface area (Å²) in [5.41, 5.74) is 3.15. The number of fused-ring (bicyclic) bond motifs is 1. The highest BCUT2D eigenvalue weighted by Crippen LogP contribution is 2.30. The number of imidazole rings is 1. The predicted octanol–water partition coefficient (Wildman–Crippen LogP) is 4.11. The van der Waals surface area contributed by atoms with Crippen LogP contribution in [0.2, 0.25) is 0 Å². The van der Waals surface area contributed by atoms with Gasteiger partial charge in [-0.25, -0.2) is 14.5 Å². The Labute approximate surface area is 207 Å². The smallest absolute Gasteiger partial charge is 0.251 e. The maximum absolute atomic E-state index is 13.2. The minimum Gasteiger partial charge on any atom is -0.436 e. The Morgan fingerprint density at radius 3 is 2.67 bits per heavy atom. The van der Waals surface area contributed by atoms with Gasteiger partial charge in [-0.05, 0) is 63.4 Å². The molecule has 3 heterocycles. The first-order valence-corrected chi connectivity index (χ1v) is 11.7. The summed E-state index contributed by atoms with van der Waals surface area (Å²) in [4.78, 5) is 20.7. The Morgan fingerprint density at radius 1 is 1.19 bits per heavy atom. The number of ether oxygens (including phenoxy) is 1. The summed E-state index contributed by atoms with van der Waals surface area (Å²) in [6.45, 7) is 5.55. The first-order chi connectivity index (χ1) is 17.2. The van der Waals surface area contributed by atoms with Crippen LogP contribution in [0.1, 0.15) is 42.6 Å². The number of benzene rings is 1. The lowest BCUT2D eigenvalue weighted by Crippen LogP contribution is -2.29. The van der Waals surface area contributed by atoms with Gasteiger partial charge in [-0.3, -0.25) is 4.79 Å². The first kappa shape index (κ1) is 23.7. The van der Waals surface area contributed by atoms with Crippen molar-refractivity contribution in [3.8, 4) is 22.9 Å². The second-order valence-electron chi connectivity index (χ2n) is 9.64. The zero-order chi connectivity index (χ0) is 25.4. The molecule has 1 saturated carbocycles. The maximum atomic E-state index is 13.2. The van der Waals surface area contributed by atoms with Crippen molar-refractivity contribution < 1.29 is 19.0 Å². The molecule has 0 saturated heterocycles. The largest absolute Gasteiger partial charge is 0.436 e. The van der Waals surface area contributed by atoms with Gasteiger partial charge < -0.3 is 20.5 Å². The fraction of sp³-hybridized carbons (Fsp3) is 0.308. The molecule has 0 aliphatic heterocycles. The van der Waals surface area contributed by atoms with Crippen molar-refractivity contribution in [2.24, 2.45) is 0 Å². The Kier molecular flexibility index (Phi) is 6.05. The average molecular weight is 491 g/mol. The highest BCUT2D eigenvalue weighted by molar-refractivity contribution is 5.96. The van der Waals surface area contributed by atoms with Crippen molar-refractivity contribution in [3.63, 3.8) is 0 Å². The zero-order valence-electron chi connectivity index (χ0n) is 20.2. The molecule has 3 aromatic heterocycles. The molecule has 0 radical (unpaired) electrons. The van der Waals surface area contributed by atoms with Gasteiger partial charge in [0.1, 0.15) is 5.75 Å². The van der Waals surface area contributed by atoms with Gasteiger partial charge in [0.2, 0.25) is 11.8 Å². The van der Waals surface area contributed by atoms with Crippen molar-refractivity contribution in [3.05, 3.63) is 65.9 Å². The molecule has 5 rings (SSSR count). The minimum absolute atomic E-state index is 0.0699. The number of anilines is 1. The third kappa shape index (κ3) is 5.28. The fourth-order valence-electron chi connectivity index (χ4n) is 3.75. The van der Waals surface area contributed by atoms with E-state index in [2.05, 4.69) is 25.7 Å². The Hall–Kier alpha value is -4.05. The van der Waals surface area contributed by atoms with E-state index in [1.165, 1.54) is 18.3 Å². The fourth-order valence-corrected chi connectivity index (χ4v) is 3.75. The highest BCUT2D eigenvalue weighted by Gasteiger charge is 2.25. The first-order valence-electron chi connectivity index (χ1n) is 11.7. The van der Waals surface area contributed by atoms with Crippen LogP contribution in [-0.2, 0) is 0 Å². The van der Waals surface area contributed by atoms with Crippen molar-refractivity contribution in [1.29, 1.82) is 0 Å². The second-order valence-corrected chi connectivity index (χ2v) is 9.64. The van der Waals surface area contributed by atoms with Crippen molar-refractivity contribution in [2.45, 2.75) is 45.3 Å². The number of carbonyl (C=O) groups excluding carboxylic acids is 1. The summed E-state index contributed by atoms with van der Waals surface area (Å²) in [5, 5.41) is 21.0. The molecule has 1 fully saturated rings. The number of hydrogen-bond donors (Lipinski definition) is 3. The Morgan fingerprint density at radius 2 is 2.00 bits per heavy atom. The SMILES string of the molecule is Cc1cc(-c2cnc3c(NCC(C)(C)O)cc(Oc4ccc(F)nc4)nn23)ccc1C(=O)NC1CC1. The molecule has 0 bridgehead atoms. The van der Waals surface area contributed by atoms with Gasteiger partial charge in [0.05, 0.1) is 29.4 Å². The van der Waals surface area contributed by atoms with Crippen molar-refractivity contribution in [1.82, 2.24) is 24.9 Å². The summed E-state index contributed by atoms with van der Waals surface area (Å²) in [5.74, 6) is -0.134. The van der Waals surface area contributed by atoms with Gasteiger partial charge in [0, 0.05) is 29.8 Å². The average Bonchev–Trinajstić information content (AvgIpc) is 3.53. The molecule has 0 atom stereocenters. The summed E-state index contributed by atoms with van der Waals surface area (Å²) in [6, 6.07) is 10.2. The molecule has 0 spiro atoms. The van der Waals surface area contributed by atoms with Crippen LogP contribution in [0.3, 0.4) is 0 Å². The molecule has 0 unspecified atom stereocenters. The maximum Gasteiger partial charge on any atom is 0.251 e. The van der Waals surface area contributed by atoms with Gasteiger partial charge in [-0.1, -0.05) is 6.07 Å². The molecule has 36 heavy (non-hydrogen) atoms. The molecule has 4 aromatic rings. The van der Waals surface area contributed by atoms with Crippen LogP contribution in [0.25, 0.3) is 16.9 Å². The summed E-state index contributed by atoms with van der Waals surface area (Å²) < 4.78 is 20.7. The third-order valence-corrected chi connectivity index (χ3v) is 5.76. The van der Waals surface area contributed by atoms with Crippen LogP contribution in [0.15, 0.2) is 48.8 Å².